The molecule has 5 heteroatoms. The number of nitrogen functional groups attached to an aromatic ring is 1. The van der Waals surface area contributed by atoms with Gasteiger partial charge < -0.3 is 16.4 Å². The SMILES string of the molecule is CNC(=O)c1ccc(NC(=O)c2cccc(N)c2)cc1. The minimum atomic E-state index is -0.245. The minimum Gasteiger partial charge on any atom is -0.399 e. The van der Waals surface area contributed by atoms with Crippen molar-refractivity contribution in [3.63, 3.8) is 0 Å². The topological polar surface area (TPSA) is 84.2 Å². The molecule has 102 valence electrons. The van der Waals surface area contributed by atoms with Gasteiger partial charge in [0.2, 0.25) is 0 Å². The number of hydrogen-bond acceptors (Lipinski definition) is 3. The molecule has 20 heavy (non-hydrogen) atoms. The molecule has 5 nitrogen and oxygen atoms in total. The lowest BCUT2D eigenvalue weighted by molar-refractivity contribution is 0.0962. The molecule has 0 fully saturated rings. The normalized spacial score (nSPS) is 9.85. The predicted molar refractivity (Wildman–Crippen MR) is 78.6 cm³/mol. The molecular weight excluding hydrogens is 254 g/mol. The van der Waals surface area contributed by atoms with Gasteiger partial charge in [-0.25, -0.2) is 0 Å². The zero-order valence-electron chi connectivity index (χ0n) is 11.0. The van der Waals surface area contributed by atoms with E-state index in [1.54, 1.807) is 55.6 Å². The van der Waals surface area contributed by atoms with Crippen LogP contribution < -0.4 is 16.4 Å². The van der Waals surface area contributed by atoms with Crippen molar-refractivity contribution in [3.05, 3.63) is 59.7 Å². The first-order valence-electron chi connectivity index (χ1n) is 6.09. The molecule has 2 aromatic rings. The van der Waals surface area contributed by atoms with E-state index in [0.717, 1.165) is 0 Å². The van der Waals surface area contributed by atoms with Crippen LogP contribution in [0.25, 0.3) is 0 Å². The third kappa shape index (κ3) is 3.14. The zero-order chi connectivity index (χ0) is 14.5. The van der Waals surface area contributed by atoms with Crippen molar-refractivity contribution in [1.29, 1.82) is 0 Å². The van der Waals surface area contributed by atoms with Gasteiger partial charge in [-0.05, 0) is 42.5 Å². The molecule has 0 aromatic heterocycles. The van der Waals surface area contributed by atoms with Gasteiger partial charge in [-0.2, -0.15) is 0 Å². The molecular formula is C15H15N3O2. The highest BCUT2D eigenvalue weighted by atomic mass is 16.2. The van der Waals surface area contributed by atoms with Crippen molar-refractivity contribution in [2.45, 2.75) is 0 Å². The molecule has 0 bridgehead atoms. The van der Waals surface area contributed by atoms with Crippen molar-refractivity contribution < 1.29 is 9.59 Å². The number of carbonyl (C=O) groups is 2. The van der Waals surface area contributed by atoms with E-state index in [9.17, 15) is 9.59 Å². The van der Waals surface area contributed by atoms with E-state index in [1.807, 2.05) is 0 Å². The Morgan fingerprint density at radius 1 is 0.950 bits per heavy atom. The number of nitrogens with two attached hydrogens (primary N) is 1. The summed E-state index contributed by atoms with van der Waals surface area (Å²) in [5, 5.41) is 5.28. The lowest BCUT2D eigenvalue weighted by Crippen LogP contribution is -2.17. The second-order valence-electron chi connectivity index (χ2n) is 4.24. The maximum Gasteiger partial charge on any atom is 0.255 e. The number of amides is 2. The lowest BCUT2D eigenvalue weighted by Gasteiger charge is -2.06. The Bertz CT molecular complexity index is 636. The van der Waals surface area contributed by atoms with Crippen LogP contribution in [0.1, 0.15) is 20.7 Å². The Kier molecular flexibility index (Phi) is 4.00. The van der Waals surface area contributed by atoms with Gasteiger partial charge in [-0.3, -0.25) is 9.59 Å². The average molecular weight is 269 g/mol. The Morgan fingerprint density at radius 3 is 2.25 bits per heavy atom. The number of nitrogens with one attached hydrogen (secondary N) is 2. The molecule has 0 aliphatic rings. The van der Waals surface area contributed by atoms with Crippen LogP contribution in [0.2, 0.25) is 0 Å². The summed E-state index contributed by atoms with van der Waals surface area (Å²) in [6.07, 6.45) is 0. The summed E-state index contributed by atoms with van der Waals surface area (Å²) in [6, 6.07) is 13.4. The van der Waals surface area contributed by atoms with Gasteiger partial charge in [0.1, 0.15) is 0 Å². The van der Waals surface area contributed by atoms with Gasteiger partial charge >= 0.3 is 0 Å². The second-order valence-corrected chi connectivity index (χ2v) is 4.24. The summed E-state index contributed by atoms with van der Waals surface area (Å²) in [7, 11) is 1.57. The van der Waals surface area contributed by atoms with E-state index in [-0.39, 0.29) is 11.8 Å². The van der Waals surface area contributed by atoms with Crippen LogP contribution in [0.4, 0.5) is 11.4 Å². The third-order valence-corrected chi connectivity index (χ3v) is 2.78. The van der Waals surface area contributed by atoms with E-state index in [0.29, 0.717) is 22.5 Å². The monoisotopic (exact) mass is 269 g/mol. The molecule has 0 aliphatic heterocycles. The summed E-state index contributed by atoms with van der Waals surface area (Å²) in [5.74, 6) is -0.413. The Hall–Kier alpha value is -2.82. The number of benzene rings is 2. The molecule has 0 saturated carbocycles. The molecule has 0 saturated heterocycles. The molecule has 4 N–H and O–H groups in total. The van der Waals surface area contributed by atoms with Gasteiger partial charge in [-0.15, -0.1) is 0 Å². The fraction of sp³-hybridized carbons (Fsp3) is 0.0667. The maximum atomic E-state index is 12.0. The van der Waals surface area contributed by atoms with Crippen LogP contribution >= 0.6 is 0 Å². The highest BCUT2D eigenvalue weighted by Gasteiger charge is 2.07. The third-order valence-electron chi connectivity index (χ3n) is 2.78. The molecule has 2 rings (SSSR count). The van der Waals surface area contributed by atoms with Gasteiger partial charge in [-0.1, -0.05) is 6.07 Å². The van der Waals surface area contributed by atoms with Crippen LogP contribution in [0.5, 0.6) is 0 Å². The highest BCUT2D eigenvalue weighted by molar-refractivity contribution is 6.05. The molecule has 0 atom stereocenters. The van der Waals surface area contributed by atoms with Crippen LogP contribution in [-0.2, 0) is 0 Å². The standard InChI is InChI=1S/C15H15N3O2/c1-17-14(19)10-5-7-13(8-6-10)18-15(20)11-3-2-4-12(16)9-11/h2-9H,16H2,1H3,(H,17,19)(H,18,20). The fourth-order valence-corrected chi connectivity index (χ4v) is 1.73. The summed E-state index contributed by atoms with van der Waals surface area (Å²) in [6.45, 7) is 0. The molecule has 2 aromatic carbocycles. The van der Waals surface area contributed by atoms with Crippen molar-refractivity contribution in [1.82, 2.24) is 5.32 Å². The summed E-state index contributed by atoms with van der Waals surface area (Å²) in [4.78, 5) is 23.4. The molecule has 0 heterocycles. The van der Waals surface area contributed by atoms with Crippen LogP contribution in [-0.4, -0.2) is 18.9 Å². The average Bonchev–Trinajstić information content (AvgIpc) is 2.47. The lowest BCUT2D eigenvalue weighted by atomic mass is 10.1. The molecule has 0 spiro atoms. The highest BCUT2D eigenvalue weighted by Crippen LogP contribution is 2.13. The first-order valence-corrected chi connectivity index (χ1v) is 6.09. The summed E-state index contributed by atoms with van der Waals surface area (Å²) < 4.78 is 0. The first kappa shape index (κ1) is 13.6. The predicted octanol–water partition coefficient (Wildman–Crippen LogP) is 1.88. The Morgan fingerprint density at radius 2 is 1.65 bits per heavy atom. The van der Waals surface area contributed by atoms with E-state index in [2.05, 4.69) is 10.6 Å². The van der Waals surface area contributed by atoms with Gasteiger partial charge in [0.05, 0.1) is 0 Å². The number of carbonyl (C=O) groups excluding carboxylic acids is 2. The first-order chi connectivity index (χ1) is 9.60. The van der Waals surface area contributed by atoms with E-state index >= 15 is 0 Å². The summed E-state index contributed by atoms with van der Waals surface area (Å²) >= 11 is 0. The van der Waals surface area contributed by atoms with Gasteiger partial charge in [0.25, 0.3) is 11.8 Å². The van der Waals surface area contributed by atoms with Gasteiger partial charge in [0, 0.05) is 29.5 Å². The van der Waals surface area contributed by atoms with Crippen LogP contribution in [0, 0.1) is 0 Å². The van der Waals surface area contributed by atoms with Crippen LogP contribution in [0.3, 0.4) is 0 Å². The van der Waals surface area contributed by atoms with Crippen molar-refractivity contribution in [3.8, 4) is 0 Å². The zero-order valence-corrected chi connectivity index (χ0v) is 11.0. The number of hydrogen-bond donors (Lipinski definition) is 3. The van der Waals surface area contributed by atoms with Crippen molar-refractivity contribution in [2.75, 3.05) is 18.1 Å². The maximum absolute atomic E-state index is 12.0. The molecule has 2 amide bonds. The largest absolute Gasteiger partial charge is 0.399 e. The Labute approximate surface area is 116 Å². The number of anilines is 2. The van der Waals surface area contributed by atoms with E-state index in [4.69, 9.17) is 5.73 Å². The number of rotatable bonds is 3. The van der Waals surface area contributed by atoms with Crippen molar-refractivity contribution >= 4 is 23.2 Å². The molecule has 0 unspecified atom stereocenters. The van der Waals surface area contributed by atoms with Crippen molar-refractivity contribution in [2.24, 2.45) is 0 Å². The molecule has 0 aliphatic carbocycles. The summed E-state index contributed by atoms with van der Waals surface area (Å²) in [5.41, 5.74) is 7.81. The fourth-order valence-electron chi connectivity index (χ4n) is 1.73. The minimum absolute atomic E-state index is 0.168. The second kappa shape index (κ2) is 5.88. The van der Waals surface area contributed by atoms with Gasteiger partial charge in [0.15, 0.2) is 0 Å². The molecule has 0 radical (unpaired) electrons. The van der Waals surface area contributed by atoms with Crippen LogP contribution in [0.15, 0.2) is 48.5 Å². The Balaban J connectivity index is 2.10. The quantitative estimate of drug-likeness (QED) is 0.744. The smallest absolute Gasteiger partial charge is 0.255 e. The van der Waals surface area contributed by atoms with E-state index < -0.39 is 0 Å². The van der Waals surface area contributed by atoms with E-state index in [1.165, 1.54) is 0 Å².